The number of ether oxygens (including phenoxy) is 1. The maximum Gasteiger partial charge on any atom is 0.169 e. The van der Waals surface area contributed by atoms with Crippen LogP contribution in [0.3, 0.4) is 0 Å². The Hall–Kier alpha value is -1.54. The summed E-state index contributed by atoms with van der Waals surface area (Å²) in [4.78, 5) is 7.68. The van der Waals surface area contributed by atoms with Crippen LogP contribution in [-0.4, -0.2) is 54.1 Å². The summed E-state index contributed by atoms with van der Waals surface area (Å²) in [5.41, 5.74) is 5.45. The monoisotopic (exact) mass is 383 g/mol. The molecule has 0 bridgehead atoms. The van der Waals surface area contributed by atoms with Gasteiger partial charge in [-0.3, -0.25) is 10.3 Å². The molecular weight excluding hydrogens is 362 g/mol. The van der Waals surface area contributed by atoms with E-state index in [4.69, 9.17) is 33.4 Å². The highest BCUT2D eigenvalue weighted by atomic mass is 35.5. The first kappa shape index (κ1) is 18.3. The minimum Gasteiger partial charge on any atom is -0.506 e. The van der Waals surface area contributed by atoms with Gasteiger partial charge < -0.3 is 20.1 Å². The van der Waals surface area contributed by atoms with E-state index < -0.39 is 0 Å². The Balaban J connectivity index is 1.60. The Morgan fingerprint density at radius 2 is 2.20 bits per heavy atom. The normalized spacial score (nSPS) is 20.2. The maximum atomic E-state index is 9.94. The Bertz CT molecular complexity index is 677. The molecule has 0 aromatic heterocycles. The Morgan fingerprint density at radius 3 is 2.92 bits per heavy atom. The number of phenolic OH excluding ortho intramolecular Hbond substituents is 1. The number of aromatic hydroxyl groups is 1. The highest BCUT2D eigenvalue weighted by Gasteiger charge is 2.21. The van der Waals surface area contributed by atoms with Gasteiger partial charge in [0.2, 0.25) is 0 Å². The molecule has 2 aliphatic heterocycles. The van der Waals surface area contributed by atoms with Crippen LogP contribution in [0.4, 0.5) is 0 Å². The summed E-state index contributed by atoms with van der Waals surface area (Å²) < 4.78 is 5.33. The van der Waals surface area contributed by atoms with Crippen molar-refractivity contribution in [3.05, 3.63) is 34.4 Å². The topological polar surface area (TPSA) is 66.0 Å². The third-order valence-corrected chi connectivity index (χ3v) is 4.95. The minimum atomic E-state index is -0.147. The summed E-state index contributed by atoms with van der Waals surface area (Å²) in [5.74, 6) is 0.140. The van der Waals surface area contributed by atoms with Gasteiger partial charge in [0.15, 0.2) is 5.11 Å². The lowest BCUT2D eigenvalue weighted by molar-refractivity contribution is 0.0516. The number of hydroxylamine groups is 1. The zero-order chi connectivity index (χ0) is 17.8. The third-order valence-electron chi connectivity index (χ3n) is 4.26. The minimum absolute atomic E-state index is 0.140. The predicted octanol–water partition coefficient (Wildman–Crippen LogP) is 2.06. The molecule has 0 aliphatic carbocycles. The van der Waals surface area contributed by atoms with Crippen LogP contribution in [0.25, 0.3) is 5.70 Å². The first-order valence-corrected chi connectivity index (χ1v) is 9.13. The number of nitrogens with one attached hydrogen (secondary N) is 2. The van der Waals surface area contributed by atoms with Gasteiger partial charge in [-0.1, -0.05) is 18.5 Å². The average Bonchev–Trinajstić information content (AvgIpc) is 3.11. The molecule has 3 N–H and O–H groups in total. The van der Waals surface area contributed by atoms with Gasteiger partial charge >= 0.3 is 0 Å². The van der Waals surface area contributed by atoms with E-state index in [0.717, 1.165) is 35.0 Å². The first-order chi connectivity index (χ1) is 12.1. The molecule has 1 atom stereocenters. The highest BCUT2D eigenvalue weighted by molar-refractivity contribution is 7.80. The van der Waals surface area contributed by atoms with E-state index in [1.807, 2.05) is 19.1 Å². The molecule has 1 saturated heterocycles. The molecule has 0 radical (unpaired) electrons. The first-order valence-electron chi connectivity index (χ1n) is 8.34. The number of hydrogen-bond donors (Lipinski definition) is 3. The molecule has 2 heterocycles. The van der Waals surface area contributed by atoms with E-state index >= 15 is 0 Å². The second-order valence-corrected chi connectivity index (χ2v) is 6.74. The quantitative estimate of drug-likeness (QED) is 0.688. The second kappa shape index (κ2) is 8.23. The standard InChI is InChI=1S/C17H22ClN3O3S/c1-2-11-7-12(8-14(18)16(11)22)15-9-13(24-20-15)10-19-17(25)21-3-5-23-6-4-21/h7-9,13,20,22H,2-6,10H2,1H3,(H,19,25). The SMILES string of the molecule is CCc1cc(C2=CC(CNC(=S)N3CCOCC3)ON2)cc(Cl)c1O. The van der Waals surface area contributed by atoms with Gasteiger partial charge in [-0.25, -0.2) is 0 Å². The number of rotatable bonds is 4. The molecule has 1 unspecified atom stereocenters. The van der Waals surface area contributed by atoms with Crippen molar-refractivity contribution in [2.24, 2.45) is 0 Å². The molecule has 1 aromatic rings. The van der Waals surface area contributed by atoms with E-state index in [-0.39, 0.29) is 11.9 Å². The number of nitrogens with zero attached hydrogens (tertiary/aromatic N) is 1. The Labute approximate surface area is 157 Å². The van der Waals surface area contributed by atoms with Gasteiger partial charge in [-0.2, -0.15) is 0 Å². The fourth-order valence-electron chi connectivity index (χ4n) is 2.80. The van der Waals surface area contributed by atoms with Crippen molar-refractivity contribution in [2.45, 2.75) is 19.4 Å². The molecular formula is C17H22ClN3O3S. The van der Waals surface area contributed by atoms with Crippen molar-refractivity contribution in [1.82, 2.24) is 15.7 Å². The summed E-state index contributed by atoms with van der Waals surface area (Å²) in [6.07, 6.45) is 2.54. The van der Waals surface area contributed by atoms with Crippen LogP contribution in [0, 0.1) is 0 Å². The molecule has 2 aliphatic rings. The largest absolute Gasteiger partial charge is 0.506 e. The van der Waals surface area contributed by atoms with Crippen LogP contribution < -0.4 is 10.8 Å². The van der Waals surface area contributed by atoms with Gasteiger partial charge in [0.05, 0.1) is 23.9 Å². The number of halogens is 1. The molecule has 136 valence electrons. The van der Waals surface area contributed by atoms with E-state index in [9.17, 15) is 5.11 Å². The fraction of sp³-hybridized carbons (Fsp3) is 0.471. The van der Waals surface area contributed by atoms with Crippen molar-refractivity contribution in [3.63, 3.8) is 0 Å². The molecule has 0 amide bonds. The highest BCUT2D eigenvalue weighted by Crippen LogP contribution is 2.32. The van der Waals surface area contributed by atoms with Gasteiger partial charge in [-0.15, -0.1) is 0 Å². The fourth-order valence-corrected chi connectivity index (χ4v) is 3.30. The van der Waals surface area contributed by atoms with Gasteiger partial charge in [-0.05, 0) is 42.4 Å². The second-order valence-electron chi connectivity index (χ2n) is 5.94. The van der Waals surface area contributed by atoms with Gasteiger partial charge in [0.1, 0.15) is 11.9 Å². The van der Waals surface area contributed by atoms with Crippen LogP contribution in [0.1, 0.15) is 18.1 Å². The lowest BCUT2D eigenvalue weighted by atomic mass is 10.0. The van der Waals surface area contributed by atoms with Gasteiger partial charge in [0.25, 0.3) is 0 Å². The molecule has 3 rings (SSSR count). The Morgan fingerprint density at radius 1 is 1.44 bits per heavy atom. The van der Waals surface area contributed by atoms with Crippen molar-refractivity contribution in [3.8, 4) is 5.75 Å². The summed E-state index contributed by atoms with van der Waals surface area (Å²) in [6.45, 7) is 5.56. The van der Waals surface area contributed by atoms with Crippen LogP contribution in [-0.2, 0) is 16.0 Å². The Kier molecular flexibility index (Phi) is 6.01. The van der Waals surface area contributed by atoms with Crippen molar-refractivity contribution in [2.75, 3.05) is 32.8 Å². The lowest BCUT2D eigenvalue weighted by Gasteiger charge is -2.29. The molecule has 0 spiro atoms. The number of benzene rings is 1. The van der Waals surface area contributed by atoms with Crippen LogP contribution in [0.15, 0.2) is 18.2 Å². The van der Waals surface area contributed by atoms with E-state index in [1.54, 1.807) is 6.07 Å². The molecule has 0 saturated carbocycles. The van der Waals surface area contributed by atoms with E-state index in [0.29, 0.717) is 31.2 Å². The summed E-state index contributed by atoms with van der Waals surface area (Å²) >= 11 is 11.5. The van der Waals surface area contributed by atoms with E-state index in [2.05, 4.69) is 15.7 Å². The molecule has 6 nitrogen and oxygen atoms in total. The number of phenols is 1. The lowest BCUT2D eigenvalue weighted by Crippen LogP contribution is -2.47. The summed E-state index contributed by atoms with van der Waals surface area (Å²) in [6, 6.07) is 3.64. The smallest absolute Gasteiger partial charge is 0.169 e. The van der Waals surface area contributed by atoms with Crippen molar-refractivity contribution in [1.29, 1.82) is 0 Å². The summed E-state index contributed by atoms with van der Waals surface area (Å²) in [5, 5.41) is 14.2. The third kappa shape index (κ3) is 4.36. The predicted molar refractivity (Wildman–Crippen MR) is 101 cm³/mol. The number of morpholine rings is 1. The number of thiocarbonyl (C=S) groups is 1. The molecule has 8 heteroatoms. The zero-order valence-corrected chi connectivity index (χ0v) is 15.6. The van der Waals surface area contributed by atoms with Gasteiger partial charge in [0, 0.05) is 25.2 Å². The van der Waals surface area contributed by atoms with Crippen molar-refractivity contribution < 1.29 is 14.7 Å². The van der Waals surface area contributed by atoms with Crippen molar-refractivity contribution >= 4 is 34.6 Å². The maximum absolute atomic E-state index is 9.94. The molecule has 1 fully saturated rings. The van der Waals surface area contributed by atoms with Crippen LogP contribution in [0.2, 0.25) is 5.02 Å². The zero-order valence-electron chi connectivity index (χ0n) is 14.0. The molecule has 25 heavy (non-hydrogen) atoms. The number of aryl methyl sites for hydroxylation is 1. The van der Waals surface area contributed by atoms with Crippen LogP contribution >= 0.6 is 23.8 Å². The average molecular weight is 384 g/mol. The molecule has 1 aromatic carbocycles. The number of hydrogen-bond acceptors (Lipinski definition) is 5. The summed E-state index contributed by atoms with van der Waals surface area (Å²) in [7, 11) is 0. The van der Waals surface area contributed by atoms with E-state index in [1.165, 1.54) is 0 Å². The van der Waals surface area contributed by atoms with Crippen LogP contribution in [0.5, 0.6) is 5.75 Å².